The third-order valence-corrected chi connectivity index (χ3v) is 6.29. The fraction of sp³-hybridized carbons (Fsp3) is 0.207. The molecular weight excluding hydrogens is 481 g/mol. The molecule has 37 heavy (non-hydrogen) atoms. The van der Waals surface area contributed by atoms with Crippen LogP contribution < -0.4 is 0 Å². The molecule has 0 spiro atoms. The molecule has 0 bridgehead atoms. The number of amides is 1. The lowest BCUT2D eigenvalue weighted by molar-refractivity contribution is -0.143. The fourth-order valence-electron chi connectivity index (χ4n) is 4.52. The van der Waals surface area contributed by atoms with Crippen LogP contribution in [0.2, 0.25) is 0 Å². The molecule has 5 nitrogen and oxygen atoms in total. The number of esters is 1. The number of nitrogens with zero attached hydrogens (tertiary/aromatic N) is 2. The van der Waals surface area contributed by atoms with Gasteiger partial charge >= 0.3 is 12.1 Å². The predicted octanol–water partition coefficient (Wildman–Crippen LogP) is 6.11. The van der Waals surface area contributed by atoms with Gasteiger partial charge in [0.15, 0.2) is 0 Å². The van der Waals surface area contributed by atoms with Gasteiger partial charge in [-0.15, -0.1) is 0 Å². The van der Waals surface area contributed by atoms with Gasteiger partial charge < -0.3 is 9.64 Å². The van der Waals surface area contributed by atoms with E-state index in [1.54, 1.807) is 48.5 Å². The Labute approximate surface area is 212 Å². The summed E-state index contributed by atoms with van der Waals surface area (Å²) in [6.07, 6.45) is -5.00. The van der Waals surface area contributed by atoms with Crippen LogP contribution >= 0.6 is 0 Å². The Balaban J connectivity index is 1.76. The van der Waals surface area contributed by atoms with E-state index in [9.17, 15) is 28.0 Å². The van der Waals surface area contributed by atoms with Crippen LogP contribution in [0.15, 0.2) is 90.1 Å². The molecule has 1 amide bonds. The molecule has 1 atom stereocenters. The molecule has 0 aliphatic carbocycles. The van der Waals surface area contributed by atoms with E-state index in [0.717, 1.165) is 11.6 Å². The predicted molar refractivity (Wildman–Crippen MR) is 129 cm³/mol. The van der Waals surface area contributed by atoms with Gasteiger partial charge in [0.1, 0.15) is 6.61 Å². The highest BCUT2D eigenvalue weighted by atomic mass is 19.4. The first-order valence-corrected chi connectivity index (χ1v) is 11.6. The quantitative estimate of drug-likeness (QED) is 0.380. The highest BCUT2D eigenvalue weighted by molar-refractivity contribution is 5.96. The van der Waals surface area contributed by atoms with E-state index in [1.165, 1.54) is 30.0 Å². The first-order chi connectivity index (χ1) is 17.7. The molecule has 0 radical (unpaired) electrons. The zero-order valence-electron chi connectivity index (χ0n) is 20.0. The van der Waals surface area contributed by atoms with Gasteiger partial charge in [-0.1, -0.05) is 60.7 Å². The summed E-state index contributed by atoms with van der Waals surface area (Å²) in [6.45, 7) is 1.53. The minimum atomic E-state index is -4.67. The third kappa shape index (κ3) is 5.72. The number of rotatable bonds is 6. The Hall–Kier alpha value is -4.38. The zero-order chi connectivity index (χ0) is 26.6. The molecule has 1 heterocycles. The second-order valence-corrected chi connectivity index (χ2v) is 8.69. The smallest absolute Gasteiger partial charge is 0.416 e. The normalized spacial score (nSPS) is 15.9. The van der Waals surface area contributed by atoms with E-state index in [4.69, 9.17) is 4.74 Å². The summed E-state index contributed by atoms with van der Waals surface area (Å²) in [5.74, 6) is -2.34. The van der Waals surface area contributed by atoms with E-state index < -0.39 is 29.5 Å². The molecule has 0 saturated carbocycles. The number of carbonyl (C=O) groups excluding carboxylic acids is 2. The maximum Gasteiger partial charge on any atom is 0.416 e. The lowest BCUT2D eigenvalue weighted by Gasteiger charge is -2.35. The van der Waals surface area contributed by atoms with Crippen molar-refractivity contribution in [1.29, 1.82) is 5.26 Å². The van der Waals surface area contributed by atoms with Crippen molar-refractivity contribution >= 4 is 11.9 Å². The van der Waals surface area contributed by atoms with Gasteiger partial charge in [-0.25, -0.2) is 4.79 Å². The molecule has 188 valence electrons. The van der Waals surface area contributed by atoms with Crippen LogP contribution in [0.1, 0.15) is 47.1 Å². The number of alkyl halides is 3. The molecular formula is C29H23F3N2O3. The van der Waals surface area contributed by atoms with Crippen LogP contribution in [-0.4, -0.2) is 16.8 Å². The molecule has 3 aromatic carbocycles. The Morgan fingerprint density at radius 1 is 1.03 bits per heavy atom. The van der Waals surface area contributed by atoms with Crippen molar-refractivity contribution in [3.8, 4) is 6.07 Å². The molecule has 0 aromatic heterocycles. The summed E-state index contributed by atoms with van der Waals surface area (Å²) in [4.78, 5) is 28.0. The molecule has 0 saturated heterocycles. The Morgan fingerprint density at radius 2 is 1.70 bits per heavy atom. The first-order valence-electron chi connectivity index (χ1n) is 11.6. The first kappa shape index (κ1) is 25.7. The molecule has 1 aliphatic heterocycles. The Kier molecular flexibility index (Phi) is 7.44. The van der Waals surface area contributed by atoms with Crippen molar-refractivity contribution in [3.05, 3.63) is 118 Å². The SMILES string of the molecule is CC1=C(C(=O)OCc2ccccc2)C(c2ccccc2C(F)(F)F)CC(=O)N1Cc1cccc(C#N)c1. The number of carbonyl (C=O) groups is 2. The highest BCUT2D eigenvalue weighted by Crippen LogP contribution is 2.43. The van der Waals surface area contributed by atoms with Crippen LogP contribution in [0.4, 0.5) is 13.2 Å². The second-order valence-electron chi connectivity index (χ2n) is 8.69. The summed E-state index contributed by atoms with van der Waals surface area (Å²) >= 11 is 0. The van der Waals surface area contributed by atoms with Gasteiger partial charge in [-0.05, 0) is 41.8 Å². The number of allylic oxidation sites excluding steroid dienone is 1. The van der Waals surface area contributed by atoms with Crippen LogP contribution in [0, 0.1) is 11.3 Å². The van der Waals surface area contributed by atoms with Crippen molar-refractivity contribution in [2.75, 3.05) is 0 Å². The number of hydrogen-bond donors (Lipinski definition) is 0. The molecule has 3 aromatic rings. The number of ether oxygens (including phenoxy) is 1. The molecule has 1 aliphatic rings. The van der Waals surface area contributed by atoms with Gasteiger partial charge in [0.05, 0.1) is 29.3 Å². The fourth-order valence-corrected chi connectivity index (χ4v) is 4.52. The number of halogens is 3. The van der Waals surface area contributed by atoms with Crippen molar-refractivity contribution in [3.63, 3.8) is 0 Å². The maximum atomic E-state index is 13.9. The number of nitriles is 1. The number of hydrogen-bond acceptors (Lipinski definition) is 4. The van der Waals surface area contributed by atoms with Crippen molar-refractivity contribution < 1.29 is 27.5 Å². The van der Waals surface area contributed by atoms with Crippen molar-refractivity contribution in [1.82, 2.24) is 4.90 Å². The van der Waals surface area contributed by atoms with Gasteiger partial charge in [-0.3, -0.25) is 4.79 Å². The number of benzene rings is 3. The van der Waals surface area contributed by atoms with Crippen molar-refractivity contribution in [2.24, 2.45) is 0 Å². The van der Waals surface area contributed by atoms with Crippen LogP contribution in [0.5, 0.6) is 0 Å². The second kappa shape index (κ2) is 10.7. The summed E-state index contributed by atoms with van der Waals surface area (Å²) in [7, 11) is 0. The summed E-state index contributed by atoms with van der Waals surface area (Å²) < 4.78 is 47.2. The topological polar surface area (TPSA) is 70.4 Å². The average Bonchev–Trinajstić information content (AvgIpc) is 2.89. The Morgan fingerprint density at radius 3 is 2.41 bits per heavy atom. The molecule has 4 rings (SSSR count). The summed E-state index contributed by atoms with van der Waals surface area (Å²) in [5.41, 5.74) is 0.950. The van der Waals surface area contributed by atoms with E-state index in [2.05, 4.69) is 0 Å². The largest absolute Gasteiger partial charge is 0.457 e. The molecule has 1 unspecified atom stereocenters. The molecule has 0 N–H and O–H groups in total. The van der Waals surface area contributed by atoms with Gasteiger partial charge in [-0.2, -0.15) is 18.4 Å². The standard InChI is InChI=1S/C29H23F3N2O3/c1-19-27(28(36)37-18-20-8-3-2-4-9-20)24(23-12-5-6-13-25(23)29(30,31)32)15-26(35)34(19)17-22-11-7-10-21(14-22)16-33/h2-14,24H,15,17-18H2,1H3. The zero-order valence-corrected chi connectivity index (χ0v) is 20.0. The van der Waals surface area contributed by atoms with Crippen LogP contribution in [0.3, 0.4) is 0 Å². The monoisotopic (exact) mass is 504 g/mol. The molecule has 8 heteroatoms. The Bertz CT molecular complexity index is 1390. The van der Waals surface area contributed by atoms with E-state index in [1.807, 2.05) is 12.1 Å². The van der Waals surface area contributed by atoms with Gasteiger partial charge in [0.2, 0.25) is 5.91 Å². The average molecular weight is 505 g/mol. The van der Waals surface area contributed by atoms with E-state index in [-0.39, 0.29) is 36.4 Å². The summed E-state index contributed by atoms with van der Waals surface area (Å²) in [6, 6.07) is 22.6. The maximum absolute atomic E-state index is 13.9. The van der Waals surface area contributed by atoms with Gasteiger partial charge in [0, 0.05) is 18.0 Å². The lowest BCUT2D eigenvalue weighted by Crippen LogP contribution is -2.38. The van der Waals surface area contributed by atoms with Gasteiger partial charge in [0.25, 0.3) is 0 Å². The summed E-state index contributed by atoms with van der Waals surface area (Å²) in [5, 5.41) is 9.20. The minimum absolute atomic E-state index is 0.00340. The lowest BCUT2D eigenvalue weighted by atomic mass is 9.81. The van der Waals surface area contributed by atoms with Crippen LogP contribution in [-0.2, 0) is 33.7 Å². The minimum Gasteiger partial charge on any atom is -0.457 e. The third-order valence-electron chi connectivity index (χ3n) is 6.29. The van der Waals surface area contributed by atoms with Crippen molar-refractivity contribution in [2.45, 2.75) is 38.6 Å². The van der Waals surface area contributed by atoms with E-state index in [0.29, 0.717) is 11.1 Å². The highest BCUT2D eigenvalue weighted by Gasteiger charge is 2.42. The molecule has 0 fully saturated rings. The van der Waals surface area contributed by atoms with E-state index >= 15 is 0 Å². The van der Waals surface area contributed by atoms with Crippen LogP contribution in [0.25, 0.3) is 0 Å².